The number of carboxylic acid groups (broad SMARTS) is 1. The standard InChI is InChI=1S/C11H11NO2S2/c1-11(2,10(13)14)8-6-16-9(12-8)7-4-3-5-15-7/h3-6H,1-2H3,(H,13,14). The summed E-state index contributed by atoms with van der Waals surface area (Å²) in [6.07, 6.45) is 0. The van der Waals surface area contributed by atoms with Crippen LogP contribution in [0.5, 0.6) is 0 Å². The molecule has 84 valence electrons. The maximum atomic E-state index is 11.1. The Balaban J connectivity index is 2.37. The molecule has 0 saturated heterocycles. The Morgan fingerprint density at radius 1 is 1.44 bits per heavy atom. The zero-order valence-corrected chi connectivity index (χ0v) is 10.6. The average molecular weight is 253 g/mol. The van der Waals surface area contributed by atoms with E-state index in [9.17, 15) is 4.79 Å². The number of carbonyl (C=O) groups is 1. The molecule has 0 atom stereocenters. The highest BCUT2D eigenvalue weighted by atomic mass is 32.1. The van der Waals surface area contributed by atoms with E-state index in [0.29, 0.717) is 5.69 Å². The number of thiazole rings is 1. The Labute approximate surface area is 101 Å². The second-order valence-electron chi connectivity index (χ2n) is 3.95. The third-order valence-electron chi connectivity index (χ3n) is 2.41. The molecule has 0 aromatic carbocycles. The smallest absolute Gasteiger partial charge is 0.315 e. The molecule has 0 aliphatic rings. The van der Waals surface area contributed by atoms with Crippen LogP contribution in [0.15, 0.2) is 22.9 Å². The van der Waals surface area contributed by atoms with Gasteiger partial charge in [0.2, 0.25) is 0 Å². The van der Waals surface area contributed by atoms with Gasteiger partial charge in [-0.25, -0.2) is 4.98 Å². The fourth-order valence-electron chi connectivity index (χ4n) is 1.18. The first kappa shape index (κ1) is 11.3. The van der Waals surface area contributed by atoms with Gasteiger partial charge in [0.1, 0.15) is 10.4 Å². The van der Waals surface area contributed by atoms with E-state index in [1.807, 2.05) is 22.9 Å². The summed E-state index contributed by atoms with van der Waals surface area (Å²) in [6.45, 7) is 3.34. The predicted octanol–water partition coefficient (Wildman–Crippen LogP) is 3.23. The van der Waals surface area contributed by atoms with Gasteiger partial charge in [0.05, 0.1) is 10.6 Å². The highest BCUT2D eigenvalue weighted by Gasteiger charge is 2.32. The molecule has 16 heavy (non-hydrogen) atoms. The quantitative estimate of drug-likeness (QED) is 0.913. The van der Waals surface area contributed by atoms with E-state index in [2.05, 4.69) is 4.98 Å². The second-order valence-corrected chi connectivity index (χ2v) is 5.75. The first-order valence-electron chi connectivity index (χ1n) is 4.75. The van der Waals surface area contributed by atoms with E-state index in [4.69, 9.17) is 5.11 Å². The van der Waals surface area contributed by atoms with Crippen molar-refractivity contribution in [3.8, 4) is 9.88 Å². The maximum Gasteiger partial charge on any atom is 0.315 e. The van der Waals surface area contributed by atoms with Crippen molar-refractivity contribution in [1.29, 1.82) is 0 Å². The molecule has 0 spiro atoms. The Morgan fingerprint density at radius 3 is 2.75 bits per heavy atom. The van der Waals surface area contributed by atoms with Crippen LogP contribution < -0.4 is 0 Å². The molecule has 0 aliphatic heterocycles. The first-order chi connectivity index (χ1) is 7.51. The number of aliphatic carboxylic acids is 1. The van der Waals surface area contributed by atoms with Crippen molar-refractivity contribution in [3.05, 3.63) is 28.6 Å². The van der Waals surface area contributed by atoms with Crippen LogP contribution in [0.2, 0.25) is 0 Å². The Morgan fingerprint density at radius 2 is 2.19 bits per heavy atom. The minimum absolute atomic E-state index is 0.619. The molecule has 2 aromatic rings. The predicted molar refractivity (Wildman–Crippen MR) is 66.1 cm³/mol. The third-order valence-corrected chi connectivity index (χ3v) is 4.29. The SMILES string of the molecule is CC(C)(C(=O)O)c1csc(-c2cccs2)n1. The fraction of sp³-hybridized carbons (Fsp3) is 0.273. The van der Waals surface area contributed by atoms with Crippen molar-refractivity contribution >= 4 is 28.6 Å². The zero-order valence-electron chi connectivity index (χ0n) is 8.93. The lowest BCUT2D eigenvalue weighted by atomic mass is 9.90. The van der Waals surface area contributed by atoms with Crippen molar-refractivity contribution in [1.82, 2.24) is 4.98 Å². The van der Waals surface area contributed by atoms with E-state index in [-0.39, 0.29) is 0 Å². The highest BCUT2D eigenvalue weighted by molar-refractivity contribution is 7.20. The molecule has 0 aliphatic carbocycles. The van der Waals surface area contributed by atoms with Crippen molar-refractivity contribution in [3.63, 3.8) is 0 Å². The zero-order chi connectivity index (χ0) is 11.8. The van der Waals surface area contributed by atoms with Gasteiger partial charge < -0.3 is 5.11 Å². The largest absolute Gasteiger partial charge is 0.481 e. The fourth-order valence-corrected chi connectivity index (χ4v) is 2.99. The summed E-state index contributed by atoms with van der Waals surface area (Å²) < 4.78 is 0. The van der Waals surface area contributed by atoms with E-state index in [1.165, 1.54) is 11.3 Å². The van der Waals surface area contributed by atoms with Gasteiger partial charge in [0.25, 0.3) is 0 Å². The number of nitrogens with zero attached hydrogens (tertiary/aromatic N) is 1. The molecule has 2 heterocycles. The van der Waals surface area contributed by atoms with Gasteiger partial charge in [-0.05, 0) is 25.3 Å². The summed E-state index contributed by atoms with van der Waals surface area (Å²) in [4.78, 5) is 16.6. The van der Waals surface area contributed by atoms with Crippen molar-refractivity contribution < 1.29 is 9.90 Å². The Bertz CT molecular complexity index is 500. The lowest BCUT2D eigenvalue weighted by Gasteiger charge is -2.15. The van der Waals surface area contributed by atoms with Crippen molar-refractivity contribution in [2.45, 2.75) is 19.3 Å². The maximum absolute atomic E-state index is 11.1. The number of carboxylic acids is 1. The van der Waals surface area contributed by atoms with Crippen molar-refractivity contribution in [2.24, 2.45) is 0 Å². The second kappa shape index (κ2) is 3.99. The van der Waals surface area contributed by atoms with E-state index in [1.54, 1.807) is 25.2 Å². The summed E-state index contributed by atoms with van der Waals surface area (Å²) in [5.74, 6) is -0.851. The van der Waals surface area contributed by atoms with Gasteiger partial charge >= 0.3 is 5.97 Å². The van der Waals surface area contributed by atoms with E-state index < -0.39 is 11.4 Å². The Kier molecular flexibility index (Phi) is 2.82. The molecular formula is C11H11NO2S2. The number of rotatable bonds is 3. The van der Waals surface area contributed by atoms with Crippen LogP contribution in [0, 0.1) is 0 Å². The molecule has 5 heteroatoms. The molecular weight excluding hydrogens is 242 g/mol. The average Bonchev–Trinajstić information content (AvgIpc) is 2.88. The number of hydrogen-bond acceptors (Lipinski definition) is 4. The molecule has 0 radical (unpaired) electrons. The van der Waals surface area contributed by atoms with Crippen LogP contribution in [0.1, 0.15) is 19.5 Å². The van der Waals surface area contributed by atoms with Crippen LogP contribution in [-0.2, 0) is 10.2 Å². The molecule has 0 unspecified atom stereocenters. The monoisotopic (exact) mass is 253 g/mol. The highest BCUT2D eigenvalue weighted by Crippen LogP contribution is 2.32. The van der Waals surface area contributed by atoms with Crippen LogP contribution >= 0.6 is 22.7 Å². The van der Waals surface area contributed by atoms with Crippen LogP contribution in [0.25, 0.3) is 9.88 Å². The normalized spacial score (nSPS) is 11.6. The van der Waals surface area contributed by atoms with Gasteiger partial charge in [-0.3, -0.25) is 4.79 Å². The molecule has 0 amide bonds. The molecule has 0 saturated carbocycles. The summed E-state index contributed by atoms with van der Waals surface area (Å²) in [7, 11) is 0. The van der Waals surface area contributed by atoms with Crippen LogP contribution in [0.3, 0.4) is 0 Å². The minimum Gasteiger partial charge on any atom is -0.481 e. The summed E-state index contributed by atoms with van der Waals surface area (Å²) in [5, 5.41) is 13.8. The summed E-state index contributed by atoms with van der Waals surface area (Å²) in [6, 6.07) is 3.95. The van der Waals surface area contributed by atoms with Gasteiger partial charge in [-0.2, -0.15) is 0 Å². The summed E-state index contributed by atoms with van der Waals surface area (Å²) >= 11 is 3.10. The van der Waals surface area contributed by atoms with Gasteiger partial charge in [-0.1, -0.05) is 6.07 Å². The van der Waals surface area contributed by atoms with E-state index in [0.717, 1.165) is 9.88 Å². The topological polar surface area (TPSA) is 50.2 Å². The lowest BCUT2D eigenvalue weighted by Crippen LogP contribution is -2.28. The number of aromatic nitrogens is 1. The number of hydrogen-bond donors (Lipinski definition) is 1. The molecule has 2 aromatic heterocycles. The Hall–Kier alpha value is -1.20. The molecule has 0 bridgehead atoms. The third kappa shape index (κ3) is 1.88. The first-order valence-corrected chi connectivity index (χ1v) is 6.51. The molecule has 3 nitrogen and oxygen atoms in total. The van der Waals surface area contributed by atoms with E-state index >= 15 is 0 Å². The number of thiophene rings is 1. The minimum atomic E-state index is -0.925. The lowest BCUT2D eigenvalue weighted by molar-refractivity contribution is -0.142. The van der Waals surface area contributed by atoms with Gasteiger partial charge in [-0.15, -0.1) is 22.7 Å². The summed E-state index contributed by atoms with van der Waals surface area (Å²) in [5.41, 5.74) is -0.306. The van der Waals surface area contributed by atoms with Crippen molar-refractivity contribution in [2.75, 3.05) is 0 Å². The van der Waals surface area contributed by atoms with Crippen LogP contribution in [-0.4, -0.2) is 16.1 Å². The molecule has 0 fully saturated rings. The van der Waals surface area contributed by atoms with Gasteiger partial charge in [0, 0.05) is 5.38 Å². The molecule has 2 rings (SSSR count). The molecule has 1 N–H and O–H groups in total. The van der Waals surface area contributed by atoms with Gasteiger partial charge in [0.15, 0.2) is 0 Å². The van der Waals surface area contributed by atoms with Crippen LogP contribution in [0.4, 0.5) is 0 Å².